The van der Waals surface area contributed by atoms with Gasteiger partial charge in [-0.25, -0.2) is 0 Å². The molecule has 1 N–H and O–H groups in total. The molecular weight excluding hydrogens is 176 g/mol. The van der Waals surface area contributed by atoms with Crippen molar-refractivity contribution in [3.05, 3.63) is 0 Å². The predicted molar refractivity (Wildman–Crippen MR) is 46.0 cm³/mol. The van der Waals surface area contributed by atoms with Crippen LogP contribution in [0.15, 0.2) is 0 Å². The summed E-state index contributed by atoms with van der Waals surface area (Å²) < 4.78 is 8.42. The number of hydrogen-bond donors (Lipinski definition) is 1. The normalized spacial score (nSPS) is 8.38. The summed E-state index contributed by atoms with van der Waals surface area (Å²) in [5.41, 5.74) is 0. The van der Waals surface area contributed by atoms with E-state index in [1.165, 1.54) is 7.11 Å². The number of aliphatic hydroxyl groups is 1. The summed E-state index contributed by atoms with van der Waals surface area (Å²) in [5.74, 6) is -0.148. The van der Waals surface area contributed by atoms with E-state index in [0.29, 0.717) is 6.47 Å². The zero-order valence-electron chi connectivity index (χ0n) is 8.15. The molecule has 5 nitrogen and oxygen atoms in total. The van der Waals surface area contributed by atoms with E-state index in [9.17, 15) is 9.59 Å². The molecule has 0 unspecified atom stereocenters. The minimum absolute atomic E-state index is 0.00463. The molecule has 0 radical (unpaired) electrons. The van der Waals surface area contributed by atoms with Gasteiger partial charge in [-0.15, -0.1) is 0 Å². The van der Waals surface area contributed by atoms with Gasteiger partial charge in [0.15, 0.2) is 0 Å². The maximum absolute atomic E-state index is 10.3. The molecule has 0 aromatic carbocycles. The standard InChI is InChI=1S/C5H10O2.C3H6O3/c1-4(2)5(6)7-3;4-1-2-6-3-5/h4H,1-3H3;3-4H,1-2H2. The fourth-order valence-electron chi connectivity index (χ4n) is 0.337. The summed E-state index contributed by atoms with van der Waals surface area (Å²) in [5, 5.41) is 7.91. The van der Waals surface area contributed by atoms with E-state index in [0.717, 1.165) is 0 Å². The van der Waals surface area contributed by atoms with Crippen LogP contribution in [0.4, 0.5) is 0 Å². The second kappa shape index (κ2) is 10.9. The molecule has 0 saturated heterocycles. The first kappa shape index (κ1) is 14.4. The Kier molecular flexibility index (Phi) is 12.1. The molecule has 13 heavy (non-hydrogen) atoms. The third kappa shape index (κ3) is 13.8. The summed E-state index contributed by atoms with van der Waals surface area (Å²) in [6.07, 6.45) is 0. The van der Waals surface area contributed by atoms with Gasteiger partial charge < -0.3 is 14.6 Å². The first-order chi connectivity index (χ1) is 6.09. The van der Waals surface area contributed by atoms with Crippen LogP contribution in [0.5, 0.6) is 0 Å². The molecule has 0 aliphatic rings. The average molecular weight is 192 g/mol. The van der Waals surface area contributed by atoms with Gasteiger partial charge in [0.05, 0.1) is 19.6 Å². The zero-order chi connectivity index (χ0) is 10.7. The smallest absolute Gasteiger partial charge is 0.308 e. The number of esters is 1. The second-order valence-corrected chi connectivity index (χ2v) is 2.37. The lowest BCUT2D eigenvalue weighted by Gasteiger charge is -1.97. The van der Waals surface area contributed by atoms with Crippen molar-refractivity contribution < 1.29 is 24.2 Å². The Labute approximate surface area is 77.6 Å². The van der Waals surface area contributed by atoms with Crippen molar-refractivity contribution in [2.75, 3.05) is 20.3 Å². The van der Waals surface area contributed by atoms with Crippen molar-refractivity contribution in [1.29, 1.82) is 0 Å². The van der Waals surface area contributed by atoms with E-state index in [1.807, 2.05) is 0 Å². The Balaban J connectivity index is 0. The monoisotopic (exact) mass is 192 g/mol. The van der Waals surface area contributed by atoms with E-state index in [4.69, 9.17) is 5.11 Å². The highest BCUT2D eigenvalue weighted by Gasteiger charge is 2.03. The van der Waals surface area contributed by atoms with Crippen LogP contribution < -0.4 is 0 Å². The predicted octanol–water partition coefficient (Wildman–Crippen LogP) is -0.0329. The Morgan fingerprint density at radius 3 is 2.15 bits per heavy atom. The van der Waals surface area contributed by atoms with Crippen LogP contribution in [0.1, 0.15) is 13.8 Å². The summed E-state index contributed by atoms with van der Waals surface area (Å²) >= 11 is 0. The lowest BCUT2D eigenvalue weighted by molar-refractivity contribution is -0.144. The van der Waals surface area contributed by atoms with Crippen molar-refractivity contribution in [2.45, 2.75) is 13.8 Å². The molecular formula is C8H16O5. The number of carbonyl (C=O) groups excluding carboxylic acids is 2. The van der Waals surface area contributed by atoms with Crippen molar-refractivity contribution in [3.63, 3.8) is 0 Å². The van der Waals surface area contributed by atoms with E-state index in [1.54, 1.807) is 13.8 Å². The SMILES string of the molecule is COC(=O)C(C)C.O=COCCO. The highest BCUT2D eigenvalue weighted by Crippen LogP contribution is 1.91. The lowest BCUT2D eigenvalue weighted by Crippen LogP contribution is -2.07. The highest BCUT2D eigenvalue weighted by atomic mass is 16.5. The third-order valence-electron chi connectivity index (χ3n) is 0.950. The first-order valence-corrected chi connectivity index (χ1v) is 3.84. The van der Waals surface area contributed by atoms with Crippen molar-refractivity contribution in [2.24, 2.45) is 5.92 Å². The van der Waals surface area contributed by atoms with E-state index < -0.39 is 0 Å². The number of aliphatic hydroxyl groups excluding tert-OH is 1. The number of ether oxygens (including phenoxy) is 2. The molecule has 0 atom stereocenters. The van der Waals surface area contributed by atoms with Gasteiger partial charge in [-0.2, -0.15) is 0 Å². The Bertz CT molecular complexity index is 132. The van der Waals surface area contributed by atoms with Gasteiger partial charge in [0, 0.05) is 0 Å². The summed E-state index contributed by atoms with van der Waals surface area (Å²) in [4.78, 5) is 19.5. The lowest BCUT2D eigenvalue weighted by atomic mass is 10.2. The van der Waals surface area contributed by atoms with Gasteiger partial charge in [-0.1, -0.05) is 13.8 Å². The number of hydrogen-bond acceptors (Lipinski definition) is 5. The van der Waals surface area contributed by atoms with Crippen LogP contribution in [0, 0.1) is 5.92 Å². The third-order valence-corrected chi connectivity index (χ3v) is 0.950. The van der Waals surface area contributed by atoms with Gasteiger partial charge in [0.1, 0.15) is 6.61 Å². The quantitative estimate of drug-likeness (QED) is 0.384. The Morgan fingerprint density at radius 2 is 2.08 bits per heavy atom. The van der Waals surface area contributed by atoms with Crippen LogP contribution in [0.25, 0.3) is 0 Å². The van der Waals surface area contributed by atoms with Crippen molar-refractivity contribution in [3.8, 4) is 0 Å². The van der Waals surface area contributed by atoms with Gasteiger partial charge in [0.25, 0.3) is 6.47 Å². The van der Waals surface area contributed by atoms with Gasteiger partial charge in [-0.05, 0) is 0 Å². The first-order valence-electron chi connectivity index (χ1n) is 3.84. The molecule has 0 aliphatic carbocycles. The molecule has 0 bridgehead atoms. The summed E-state index contributed by atoms with van der Waals surface area (Å²) in [6.45, 7) is 3.90. The van der Waals surface area contributed by atoms with Crippen molar-refractivity contribution in [1.82, 2.24) is 0 Å². The molecule has 0 fully saturated rings. The van der Waals surface area contributed by atoms with Gasteiger partial charge in [-0.3, -0.25) is 9.59 Å². The molecule has 0 rings (SSSR count). The van der Waals surface area contributed by atoms with Crippen LogP contribution >= 0.6 is 0 Å². The molecule has 0 aromatic rings. The highest BCUT2D eigenvalue weighted by molar-refractivity contribution is 5.71. The van der Waals surface area contributed by atoms with Crippen molar-refractivity contribution >= 4 is 12.4 Å². The summed E-state index contributed by atoms with van der Waals surface area (Å²) in [7, 11) is 1.39. The molecule has 0 aliphatic heterocycles. The Morgan fingerprint density at radius 1 is 1.54 bits per heavy atom. The van der Waals surface area contributed by atoms with Gasteiger partial charge >= 0.3 is 5.97 Å². The molecule has 0 saturated carbocycles. The molecule has 0 aromatic heterocycles. The van der Waals surface area contributed by atoms with E-state index in [-0.39, 0.29) is 25.1 Å². The van der Waals surface area contributed by atoms with Crippen LogP contribution in [-0.2, 0) is 19.1 Å². The zero-order valence-corrected chi connectivity index (χ0v) is 8.15. The minimum Gasteiger partial charge on any atom is -0.469 e. The topological polar surface area (TPSA) is 72.8 Å². The largest absolute Gasteiger partial charge is 0.469 e. The van der Waals surface area contributed by atoms with Gasteiger partial charge in [0.2, 0.25) is 0 Å². The van der Waals surface area contributed by atoms with Crippen LogP contribution in [0.3, 0.4) is 0 Å². The second-order valence-electron chi connectivity index (χ2n) is 2.37. The number of rotatable bonds is 4. The minimum atomic E-state index is -0.153. The fraction of sp³-hybridized carbons (Fsp3) is 0.750. The maximum Gasteiger partial charge on any atom is 0.308 e. The maximum atomic E-state index is 10.3. The molecule has 0 heterocycles. The molecule has 0 spiro atoms. The molecule has 5 heteroatoms. The molecule has 78 valence electrons. The van der Waals surface area contributed by atoms with Crippen LogP contribution in [0.2, 0.25) is 0 Å². The Hall–Kier alpha value is -1.10. The molecule has 0 amide bonds. The van der Waals surface area contributed by atoms with E-state index in [2.05, 4.69) is 9.47 Å². The number of carbonyl (C=O) groups is 2. The van der Waals surface area contributed by atoms with E-state index >= 15 is 0 Å². The number of methoxy groups -OCH3 is 1. The fourth-order valence-corrected chi connectivity index (χ4v) is 0.337. The average Bonchev–Trinajstić information content (AvgIpc) is 2.14. The summed E-state index contributed by atoms with van der Waals surface area (Å²) in [6, 6.07) is 0. The van der Waals surface area contributed by atoms with Crippen LogP contribution in [-0.4, -0.2) is 37.9 Å².